The van der Waals surface area contributed by atoms with E-state index in [-0.39, 0.29) is 6.17 Å². The van der Waals surface area contributed by atoms with E-state index in [0.717, 1.165) is 27.9 Å². The summed E-state index contributed by atoms with van der Waals surface area (Å²) in [5, 5.41) is 0.802. The van der Waals surface area contributed by atoms with Gasteiger partial charge in [0.2, 0.25) is 5.55 Å². The Hall–Kier alpha value is -3.41. The Kier molecular flexibility index (Phi) is 4.24. The van der Waals surface area contributed by atoms with Crippen LogP contribution in [0.1, 0.15) is 11.7 Å². The first kappa shape index (κ1) is 17.0. The van der Waals surface area contributed by atoms with Gasteiger partial charge in [0, 0.05) is 25.5 Å². The van der Waals surface area contributed by atoms with Crippen molar-refractivity contribution < 1.29 is 9.15 Å². The number of hydrogen-bond donors (Lipinski definition) is 1. The fraction of sp³-hybridized carbons (Fsp3) is 0.190. The number of fused-ring (bicyclic) bond motifs is 1. The number of furan rings is 1. The van der Waals surface area contributed by atoms with Crippen molar-refractivity contribution in [2.45, 2.75) is 6.17 Å². The minimum Gasteiger partial charge on any atom is -0.497 e. The highest BCUT2D eigenvalue weighted by Gasteiger charge is 2.27. The molecule has 0 fully saturated rings. The van der Waals surface area contributed by atoms with Crippen molar-refractivity contribution in [2.24, 2.45) is 10.7 Å². The minimum absolute atomic E-state index is 0.320. The first-order chi connectivity index (χ1) is 13.1. The van der Waals surface area contributed by atoms with Crippen LogP contribution in [0.2, 0.25) is 0 Å². The number of ether oxygens (including phenoxy) is 1. The molecule has 0 radical (unpaired) electrons. The second kappa shape index (κ2) is 6.72. The molecular formula is C21H22N4O2. The van der Waals surface area contributed by atoms with Gasteiger partial charge in [-0.2, -0.15) is 0 Å². The molecule has 0 spiro atoms. The van der Waals surface area contributed by atoms with Crippen molar-refractivity contribution in [2.75, 3.05) is 31.0 Å². The Morgan fingerprint density at radius 2 is 1.74 bits per heavy atom. The molecular weight excluding hydrogens is 340 g/mol. The standard InChI is InChI=1S/C21H22N4O2/c1-24(2)15-6-8-16(9-7-15)25-19(22)18-12-13-27-21(18)23-20(25)14-4-10-17(26-3)11-5-14/h4-13,20H,22H2,1-3H3. The van der Waals surface area contributed by atoms with E-state index in [0.29, 0.717) is 11.4 Å². The monoisotopic (exact) mass is 362 g/mol. The van der Waals surface area contributed by atoms with E-state index < -0.39 is 0 Å². The van der Waals surface area contributed by atoms with Gasteiger partial charge in [-0.1, -0.05) is 12.1 Å². The van der Waals surface area contributed by atoms with Gasteiger partial charge >= 0.3 is 0 Å². The van der Waals surface area contributed by atoms with Crippen LogP contribution in [0, 0.1) is 0 Å². The third kappa shape index (κ3) is 2.99. The van der Waals surface area contributed by atoms with Crippen molar-refractivity contribution in [1.82, 2.24) is 0 Å². The topological polar surface area (TPSA) is 67.2 Å². The smallest absolute Gasteiger partial charge is 0.227 e. The third-order valence-electron chi connectivity index (χ3n) is 4.72. The van der Waals surface area contributed by atoms with Gasteiger partial charge in [-0.3, -0.25) is 0 Å². The van der Waals surface area contributed by atoms with Crippen LogP contribution in [0.15, 0.2) is 70.3 Å². The van der Waals surface area contributed by atoms with E-state index in [2.05, 4.69) is 29.2 Å². The van der Waals surface area contributed by atoms with Crippen LogP contribution in [0.5, 0.6) is 5.75 Å². The molecule has 0 saturated heterocycles. The Morgan fingerprint density at radius 3 is 2.37 bits per heavy atom. The van der Waals surface area contributed by atoms with Crippen LogP contribution in [0.4, 0.5) is 11.4 Å². The average molecular weight is 362 g/mol. The van der Waals surface area contributed by atoms with Gasteiger partial charge in [-0.05, 0) is 48.0 Å². The lowest BCUT2D eigenvalue weighted by Crippen LogP contribution is -2.43. The lowest BCUT2D eigenvalue weighted by atomic mass is 10.1. The lowest BCUT2D eigenvalue weighted by Gasteiger charge is -2.33. The normalized spacial score (nSPS) is 15.9. The van der Waals surface area contributed by atoms with E-state index in [1.165, 1.54) is 0 Å². The van der Waals surface area contributed by atoms with Gasteiger partial charge in [0.1, 0.15) is 11.6 Å². The Morgan fingerprint density at radius 1 is 1.04 bits per heavy atom. The molecule has 4 rings (SSSR count). The van der Waals surface area contributed by atoms with E-state index in [9.17, 15) is 0 Å². The van der Waals surface area contributed by atoms with E-state index >= 15 is 0 Å². The molecule has 6 heteroatoms. The lowest BCUT2D eigenvalue weighted by molar-refractivity contribution is 0.414. The fourth-order valence-electron chi connectivity index (χ4n) is 3.22. The maximum absolute atomic E-state index is 6.54. The maximum Gasteiger partial charge on any atom is 0.227 e. The number of hydrogen-bond acceptors (Lipinski definition) is 6. The quantitative estimate of drug-likeness (QED) is 0.771. The Bertz CT molecular complexity index is 1050. The number of nitrogens with two attached hydrogens (primary N) is 1. The van der Waals surface area contributed by atoms with Gasteiger partial charge in [0.05, 0.1) is 18.6 Å². The highest BCUT2D eigenvalue weighted by atomic mass is 16.5. The molecule has 138 valence electrons. The van der Waals surface area contributed by atoms with Gasteiger partial charge in [0.25, 0.3) is 0 Å². The number of anilines is 2. The van der Waals surface area contributed by atoms with E-state index in [1.54, 1.807) is 13.4 Å². The number of benzene rings is 2. The largest absolute Gasteiger partial charge is 0.497 e. The van der Waals surface area contributed by atoms with Crippen LogP contribution in [-0.2, 0) is 0 Å². The number of rotatable bonds is 4. The molecule has 1 aromatic heterocycles. The molecule has 27 heavy (non-hydrogen) atoms. The summed E-state index contributed by atoms with van der Waals surface area (Å²) in [4.78, 5) is 8.89. The molecule has 1 aliphatic rings. The van der Waals surface area contributed by atoms with Crippen molar-refractivity contribution >= 4 is 17.2 Å². The van der Waals surface area contributed by atoms with Crippen molar-refractivity contribution in [3.05, 3.63) is 77.2 Å². The second-order valence-electron chi connectivity index (χ2n) is 6.58. The predicted molar refractivity (Wildman–Crippen MR) is 106 cm³/mol. The predicted octanol–water partition coefficient (Wildman–Crippen LogP) is 2.22. The zero-order valence-electron chi connectivity index (χ0n) is 15.6. The van der Waals surface area contributed by atoms with Crippen LogP contribution in [-0.4, -0.2) is 21.2 Å². The van der Waals surface area contributed by atoms with Crippen molar-refractivity contribution in [3.63, 3.8) is 0 Å². The van der Waals surface area contributed by atoms with E-state index in [4.69, 9.17) is 19.9 Å². The van der Waals surface area contributed by atoms with Crippen molar-refractivity contribution in [1.29, 1.82) is 0 Å². The fourth-order valence-corrected chi connectivity index (χ4v) is 3.22. The van der Waals surface area contributed by atoms with Crippen LogP contribution < -0.4 is 31.0 Å². The summed E-state index contributed by atoms with van der Waals surface area (Å²) < 4.78 is 10.8. The average Bonchev–Trinajstić information content (AvgIpc) is 3.17. The molecule has 2 N–H and O–H groups in total. The van der Waals surface area contributed by atoms with Crippen LogP contribution >= 0.6 is 0 Å². The summed E-state index contributed by atoms with van der Waals surface area (Å²) in [6, 6.07) is 17.9. The minimum atomic E-state index is -0.320. The zero-order chi connectivity index (χ0) is 19.0. The highest BCUT2D eigenvalue weighted by molar-refractivity contribution is 5.70. The summed E-state index contributed by atoms with van der Waals surface area (Å²) in [6.07, 6.45) is 1.30. The van der Waals surface area contributed by atoms with Crippen LogP contribution in [0.25, 0.3) is 5.82 Å². The second-order valence-corrected chi connectivity index (χ2v) is 6.58. The van der Waals surface area contributed by atoms with Gasteiger partial charge in [0.15, 0.2) is 6.17 Å². The van der Waals surface area contributed by atoms with Gasteiger partial charge in [-0.25, -0.2) is 4.99 Å². The summed E-state index contributed by atoms with van der Waals surface area (Å²) >= 11 is 0. The molecule has 2 aromatic carbocycles. The zero-order valence-corrected chi connectivity index (χ0v) is 15.6. The molecule has 1 aliphatic heterocycles. The molecule has 0 saturated carbocycles. The summed E-state index contributed by atoms with van der Waals surface area (Å²) in [7, 11) is 5.69. The third-order valence-corrected chi connectivity index (χ3v) is 4.72. The molecule has 6 nitrogen and oxygen atoms in total. The van der Waals surface area contributed by atoms with Gasteiger partial charge in [-0.15, -0.1) is 0 Å². The molecule has 0 amide bonds. The molecule has 1 atom stereocenters. The first-order valence-electron chi connectivity index (χ1n) is 8.70. The summed E-state index contributed by atoms with van der Waals surface area (Å²) in [5.41, 5.74) is 10.2. The molecule has 0 bridgehead atoms. The highest BCUT2D eigenvalue weighted by Crippen LogP contribution is 2.33. The molecule has 2 heterocycles. The molecule has 3 aromatic rings. The molecule has 0 aliphatic carbocycles. The Balaban J connectivity index is 1.84. The molecule has 1 unspecified atom stereocenters. The van der Waals surface area contributed by atoms with Crippen LogP contribution in [0.3, 0.4) is 0 Å². The number of methoxy groups -OCH3 is 1. The summed E-state index contributed by atoms with van der Waals surface area (Å²) in [5.74, 6) is 1.42. The van der Waals surface area contributed by atoms with Gasteiger partial charge < -0.3 is 24.7 Å². The maximum atomic E-state index is 6.54. The Labute approximate surface area is 157 Å². The SMILES string of the molecule is COc1ccc(C2N=c3occc3=C(N)N2c2ccc(N(C)C)cc2)cc1. The van der Waals surface area contributed by atoms with Crippen molar-refractivity contribution in [3.8, 4) is 5.75 Å². The summed E-state index contributed by atoms with van der Waals surface area (Å²) in [6.45, 7) is 0. The van der Waals surface area contributed by atoms with E-state index in [1.807, 2.05) is 49.3 Å². The number of nitrogens with zero attached hydrogens (tertiary/aromatic N) is 3. The first-order valence-corrected chi connectivity index (χ1v) is 8.70.